The second kappa shape index (κ2) is 2.73. The van der Waals surface area contributed by atoms with Crippen LogP contribution in [0.3, 0.4) is 0 Å². The maximum absolute atomic E-state index is 10.8. The van der Waals surface area contributed by atoms with Crippen molar-refractivity contribution in [2.45, 2.75) is 19.4 Å². The highest BCUT2D eigenvalue weighted by atomic mass is 16.6. The highest BCUT2D eigenvalue weighted by Crippen LogP contribution is 2.15. The van der Waals surface area contributed by atoms with Gasteiger partial charge >= 0.3 is 5.97 Å². The minimum atomic E-state index is -0.352. The van der Waals surface area contributed by atoms with E-state index in [4.69, 9.17) is 9.47 Å². The number of hydrogen-bond donors (Lipinski definition) is 0. The van der Waals surface area contributed by atoms with Crippen molar-refractivity contribution in [3.8, 4) is 0 Å². The van der Waals surface area contributed by atoms with Crippen LogP contribution in [0.5, 0.6) is 0 Å². The smallest absolute Gasteiger partial charge is 0.373 e. The number of ether oxygens (including phenoxy) is 2. The molecule has 0 aromatic carbocycles. The summed E-state index contributed by atoms with van der Waals surface area (Å²) in [5.41, 5.74) is 0. The fraction of sp³-hybridized carbons (Fsp3) is 0.571. The van der Waals surface area contributed by atoms with Gasteiger partial charge in [-0.3, -0.25) is 0 Å². The lowest BCUT2D eigenvalue weighted by Gasteiger charge is -2.00. The first kappa shape index (κ1) is 7.12. The van der Waals surface area contributed by atoms with Crippen LogP contribution < -0.4 is 0 Å². The Hall–Kier alpha value is -0.990. The zero-order chi connectivity index (χ0) is 7.56. The summed E-state index contributed by atoms with van der Waals surface area (Å²) >= 11 is 0. The summed E-state index contributed by atoms with van der Waals surface area (Å²) in [5, 5.41) is 0. The number of cyclic esters (lactones) is 1. The van der Waals surface area contributed by atoms with Crippen molar-refractivity contribution in [3.63, 3.8) is 0 Å². The Bertz CT molecular complexity index is 172. The molecule has 3 nitrogen and oxygen atoms in total. The van der Waals surface area contributed by atoms with Gasteiger partial charge in [0.25, 0.3) is 0 Å². The van der Waals surface area contributed by atoms with Crippen LogP contribution in [0.1, 0.15) is 13.3 Å². The third-order valence-corrected chi connectivity index (χ3v) is 1.42. The molecule has 1 aliphatic rings. The van der Waals surface area contributed by atoms with Gasteiger partial charge in [0.2, 0.25) is 5.76 Å². The number of rotatable bonds is 2. The molecule has 1 aliphatic heterocycles. The fourth-order valence-electron chi connectivity index (χ4n) is 0.819. The van der Waals surface area contributed by atoms with Crippen LogP contribution >= 0.6 is 0 Å². The maximum Gasteiger partial charge on any atom is 0.373 e. The predicted molar refractivity (Wildman–Crippen MR) is 35.3 cm³/mol. The molecule has 0 aromatic rings. The molecule has 1 heterocycles. The van der Waals surface area contributed by atoms with Gasteiger partial charge < -0.3 is 9.47 Å². The molecule has 1 unspecified atom stereocenters. The number of carbonyl (C=O) groups excluding carboxylic acids is 1. The second-order valence-corrected chi connectivity index (χ2v) is 2.09. The van der Waals surface area contributed by atoms with Crippen molar-refractivity contribution >= 4 is 5.97 Å². The fourth-order valence-corrected chi connectivity index (χ4v) is 0.819. The summed E-state index contributed by atoms with van der Waals surface area (Å²) < 4.78 is 9.60. The first-order chi connectivity index (χ1) is 4.77. The summed E-state index contributed by atoms with van der Waals surface area (Å²) in [5.74, 6) is -0.0267. The molecular weight excluding hydrogens is 132 g/mol. The Labute approximate surface area is 59.6 Å². The topological polar surface area (TPSA) is 35.5 Å². The third-order valence-electron chi connectivity index (χ3n) is 1.42. The van der Waals surface area contributed by atoms with E-state index in [1.165, 1.54) is 7.11 Å². The van der Waals surface area contributed by atoms with Crippen LogP contribution in [0.15, 0.2) is 11.8 Å². The summed E-state index contributed by atoms with van der Waals surface area (Å²) in [6.45, 7) is 1.95. The summed E-state index contributed by atoms with van der Waals surface area (Å²) in [7, 11) is 1.46. The Morgan fingerprint density at radius 3 is 2.80 bits per heavy atom. The van der Waals surface area contributed by atoms with E-state index in [1.807, 2.05) is 6.92 Å². The molecule has 56 valence electrons. The van der Waals surface area contributed by atoms with Crippen molar-refractivity contribution in [1.29, 1.82) is 0 Å². The quantitative estimate of drug-likeness (QED) is 0.536. The van der Waals surface area contributed by atoms with Crippen LogP contribution in [0, 0.1) is 0 Å². The SMILES string of the molecule is CCC1C=C(OC)C(=O)O1. The average molecular weight is 142 g/mol. The monoisotopic (exact) mass is 142 g/mol. The van der Waals surface area contributed by atoms with Gasteiger partial charge in [-0.15, -0.1) is 0 Å². The Morgan fingerprint density at radius 1 is 1.80 bits per heavy atom. The zero-order valence-electron chi connectivity index (χ0n) is 6.09. The number of carbonyl (C=O) groups is 1. The molecule has 1 rings (SSSR count). The Balaban J connectivity index is 2.63. The van der Waals surface area contributed by atoms with Crippen LogP contribution in [-0.4, -0.2) is 19.2 Å². The predicted octanol–water partition coefficient (Wildman–Crippen LogP) is 0.852. The van der Waals surface area contributed by atoms with Crippen molar-refractivity contribution in [2.24, 2.45) is 0 Å². The summed E-state index contributed by atoms with van der Waals surface area (Å²) in [4.78, 5) is 10.8. The molecule has 3 heteroatoms. The zero-order valence-corrected chi connectivity index (χ0v) is 6.09. The van der Waals surface area contributed by atoms with E-state index in [1.54, 1.807) is 6.08 Å². The maximum atomic E-state index is 10.8. The van der Waals surface area contributed by atoms with Crippen LogP contribution in [0.2, 0.25) is 0 Å². The summed E-state index contributed by atoms with van der Waals surface area (Å²) in [6, 6.07) is 0. The molecule has 0 aromatic heterocycles. The van der Waals surface area contributed by atoms with Crippen molar-refractivity contribution in [3.05, 3.63) is 11.8 Å². The van der Waals surface area contributed by atoms with E-state index < -0.39 is 0 Å². The normalized spacial score (nSPS) is 24.0. The largest absolute Gasteiger partial charge is 0.490 e. The van der Waals surface area contributed by atoms with Crippen molar-refractivity contribution in [1.82, 2.24) is 0 Å². The first-order valence-electron chi connectivity index (χ1n) is 3.24. The molecule has 0 radical (unpaired) electrons. The molecule has 0 saturated carbocycles. The van der Waals surface area contributed by atoms with E-state index in [0.717, 1.165) is 6.42 Å². The lowest BCUT2D eigenvalue weighted by molar-refractivity contribution is -0.142. The van der Waals surface area contributed by atoms with Crippen molar-refractivity contribution in [2.75, 3.05) is 7.11 Å². The molecule has 0 aliphatic carbocycles. The molecule has 0 bridgehead atoms. The lowest BCUT2D eigenvalue weighted by Crippen LogP contribution is -2.06. The third kappa shape index (κ3) is 1.12. The molecule has 10 heavy (non-hydrogen) atoms. The number of methoxy groups -OCH3 is 1. The van der Waals surface area contributed by atoms with E-state index in [0.29, 0.717) is 5.76 Å². The molecule has 0 spiro atoms. The molecule has 0 N–H and O–H groups in total. The van der Waals surface area contributed by atoms with E-state index >= 15 is 0 Å². The standard InChI is InChI=1S/C7H10O3/c1-3-5-4-6(9-2)7(8)10-5/h4-5H,3H2,1-2H3. The van der Waals surface area contributed by atoms with Gasteiger partial charge in [-0.2, -0.15) is 0 Å². The van der Waals surface area contributed by atoms with Gasteiger partial charge in [0.1, 0.15) is 6.10 Å². The van der Waals surface area contributed by atoms with E-state index in [9.17, 15) is 4.79 Å². The van der Waals surface area contributed by atoms with Crippen molar-refractivity contribution < 1.29 is 14.3 Å². The minimum absolute atomic E-state index is 0.0811. The average Bonchev–Trinajstić information content (AvgIpc) is 2.30. The van der Waals surface area contributed by atoms with Gasteiger partial charge in [0.15, 0.2) is 0 Å². The number of hydrogen-bond acceptors (Lipinski definition) is 3. The van der Waals surface area contributed by atoms with Crippen LogP contribution in [0.25, 0.3) is 0 Å². The number of esters is 1. The van der Waals surface area contributed by atoms with Gasteiger partial charge in [-0.05, 0) is 6.42 Å². The highest BCUT2D eigenvalue weighted by molar-refractivity contribution is 5.88. The Morgan fingerprint density at radius 2 is 2.50 bits per heavy atom. The van der Waals surface area contributed by atoms with Crippen LogP contribution in [0.4, 0.5) is 0 Å². The molecular formula is C7H10O3. The van der Waals surface area contributed by atoms with Gasteiger partial charge in [-0.25, -0.2) is 4.79 Å². The minimum Gasteiger partial charge on any atom is -0.490 e. The van der Waals surface area contributed by atoms with Gasteiger partial charge in [0.05, 0.1) is 7.11 Å². The molecule has 0 amide bonds. The molecule has 0 saturated heterocycles. The van der Waals surface area contributed by atoms with Crippen LogP contribution in [-0.2, 0) is 14.3 Å². The molecule has 1 atom stereocenters. The Kier molecular flexibility index (Phi) is 1.94. The lowest BCUT2D eigenvalue weighted by atomic mass is 10.3. The molecule has 0 fully saturated rings. The summed E-state index contributed by atoms with van der Waals surface area (Å²) in [6.07, 6.45) is 2.42. The van der Waals surface area contributed by atoms with E-state index in [-0.39, 0.29) is 12.1 Å². The van der Waals surface area contributed by atoms with E-state index in [2.05, 4.69) is 0 Å². The highest BCUT2D eigenvalue weighted by Gasteiger charge is 2.24. The first-order valence-corrected chi connectivity index (χ1v) is 3.24. The van der Waals surface area contributed by atoms with Gasteiger partial charge in [-0.1, -0.05) is 6.92 Å². The second-order valence-electron chi connectivity index (χ2n) is 2.09. The van der Waals surface area contributed by atoms with Gasteiger partial charge in [0, 0.05) is 6.08 Å².